The number of carbonyl (C=O) groups excluding carboxylic acids is 1. The fourth-order valence-corrected chi connectivity index (χ4v) is 3.08. The van der Waals surface area contributed by atoms with E-state index in [0.717, 1.165) is 46.9 Å². The fraction of sp³-hybridized carbons (Fsp3) is 0.280. The van der Waals surface area contributed by atoms with Crippen LogP contribution in [0.15, 0.2) is 47.3 Å². The number of ether oxygens (including phenoxy) is 1. The summed E-state index contributed by atoms with van der Waals surface area (Å²) in [5.74, 6) is 0.765. The molecule has 2 N–H and O–H groups in total. The second kappa shape index (κ2) is 14.6. The number of aryl methyl sites for hydroxylation is 1. The van der Waals surface area contributed by atoms with Gasteiger partial charge < -0.3 is 24.3 Å². The second-order valence-corrected chi connectivity index (χ2v) is 6.15. The first-order chi connectivity index (χ1) is 15.0. The lowest BCUT2D eigenvalue weighted by molar-refractivity contribution is -0.107. The van der Waals surface area contributed by atoms with Crippen LogP contribution >= 0.6 is 0 Å². The van der Waals surface area contributed by atoms with Gasteiger partial charge in [0.05, 0.1) is 7.11 Å². The number of carbonyl (C=O) groups is 1. The predicted octanol–water partition coefficient (Wildman–Crippen LogP) is 3.12. The molecule has 6 heteroatoms. The van der Waals surface area contributed by atoms with E-state index in [4.69, 9.17) is 14.9 Å². The minimum absolute atomic E-state index is 0.0842. The van der Waals surface area contributed by atoms with E-state index in [1.807, 2.05) is 49.4 Å². The molecule has 0 aliphatic rings. The molecule has 1 aromatic heterocycles. The smallest absolute Gasteiger partial charge is 0.258 e. The molecule has 0 atom stereocenters. The average molecular weight is 426 g/mol. The Balaban J connectivity index is 0.00000116. The van der Waals surface area contributed by atoms with Crippen LogP contribution in [0.5, 0.6) is 5.75 Å². The summed E-state index contributed by atoms with van der Waals surface area (Å²) in [5.41, 5.74) is 3.59. The predicted molar refractivity (Wildman–Crippen MR) is 126 cm³/mol. The molecule has 1 heterocycles. The molecule has 3 rings (SSSR count). The van der Waals surface area contributed by atoms with Crippen molar-refractivity contribution in [2.45, 2.75) is 20.3 Å². The Morgan fingerprint density at radius 3 is 2.10 bits per heavy atom. The Bertz CT molecular complexity index is 1030. The number of hydrogen-bond donors (Lipinski definition) is 2. The van der Waals surface area contributed by atoms with Gasteiger partial charge >= 0.3 is 0 Å². The number of aliphatic hydroxyl groups is 2. The highest BCUT2D eigenvalue weighted by atomic mass is 16.5. The quantitative estimate of drug-likeness (QED) is 0.495. The van der Waals surface area contributed by atoms with Crippen molar-refractivity contribution in [1.82, 2.24) is 4.57 Å². The number of rotatable bonds is 4. The molecule has 0 spiro atoms. The van der Waals surface area contributed by atoms with E-state index in [-0.39, 0.29) is 18.6 Å². The number of aromatic nitrogens is 1. The van der Waals surface area contributed by atoms with Crippen LogP contribution in [-0.4, -0.2) is 41.9 Å². The van der Waals surface area contributed by atoms with Crippen LogP contribution in [0.1, 0.15) is 18.2 Å². The highest BCUT2D eigenvalue weighted by Gasteiger charge is 2.16. The van der Waals surface area contributed by atoms with E-state index in [1.165, 1.54) is 0 Å². The van der Waals surface area contributed by atoms with Crippen molar-refractivity contribution in [1.29, 1.82) is 0 Å². The summed E-state index contributed by atoms with van der Waals surface area (Å²) in [5, 5.41) is 16.1. The molecule has 0 fully saturated rings. The first kappa shape index (κ1) is 27.6. The molecule has 31 heavy (non-hydrogen) atoms. The Morgan fingerprint density at radius 2 is 1.61 bits per heavy atom. The number of benzene rings is 2. The molecular formula is C25H31NO5. The van der Waals surface area contributed by atoms with E-state index >= 15 is 0 Å². The third kappa shape index (κ3) is 6.82. The molecule has 0 bridgehead atoms. The van der Waals surface area contributed by atoms with E-state index in [9.17, 15) is 9.59 Å². The average Bonchev–Trinajstić information content (AvgIpc) is 2.81. The first-order valence-electron chi connectivity index (χ1n) is 9.57. The molecule has 0 saturated carbocycles. The van der Waals surface area contributed by atoms with Crippen molar-refractivity contribution in [3.63, 3.8) is 0 Å². The van der Waals surface area contributed by atoms with Gasteiger partial charge in [0.15, 0.2) is 0 Å². The van der Waals surface area contributed by atoms with Gasteiger partial charge in [-0.05, 0) is 43.0 Å². The van der Waals surface area contributed by atoms with Crippen molar-refractivity contribution in [3.05, 3.63) is 64.1 Å². The minimum Gasteiger partial charge on any atom is -0.497 e. The largest absolute Gasteiger partial charge is 0.497 e. The highest BCUT2D eigenvalue weighted by molar-refractivity contribution is 5.98. The van der Waals surface area contributed by atoms with Crippen LogP contribution in [0, 0.1) is 19.8 Å². The molecule has 0 unspecified atom stereocenters. The van der Waals surface area contributed by atoms with Gasteiger partial charge in [0.25, 0.3) is 5.56 Å². The van der Waals surface area contributed by atoms with E-state index in [2.05, 4.69) is 12.8 Å². The van der Waals surface area contributed by atoms with Gasteiger partial charge in [0.2, 0.25) is 0 Å². The topological polar surface area (TPSA) is 88.8 Å². The SMILES string of the molecule is C#C.CCO.CO.COc1ccc(-c2c(CC=O)n(C)c(=O)c3ccc(C)cc23)cc1. The molecule has 0 aliphatic carbocycles. The number of pyridine rings is 1. The zero-order valence-electron chi connectivity index (χ0n) is 18.8. The zero-order valence-corrected chi connectivity index (χ0v) is 18.8. The van der Waals surface area contributed by atoms with Crippen LogP contribution in [0.25, 0.3) is 21.9 Å². The Morgan fingerprint density at radius 1 is 1.06 bits per heavy atom. The van der Waals surface area contributed by atoms with Crippen LogP contribution in [0.3, 0.4) is 0 Å². The summed E-state index contributed by atoms with van der Waals surface area (Å²) in [6, 6.07) is 13.5. The van der Waals surface area contributed by atoms with Gasteiger partial charge in [0, 0.05) is 43.8 Å². The zero-order chi connectivity index (χ0) is 24.0. The van der Waals surface area contributed by atoms with Gasteiger partial charge in [-0.2, -0.15) is 0 Å². The van der Waals surface area contributed by atoms with Crippen molar-refractivity contribution >= 4 is 17.1 Å². The lowest BCUT2D eigenvalue weighted by Gasteiger charge is -2.17. The molecule has 6 nitrogen and oxygen atoms in total. The third-order valence-corrected chi connectivity index (χ3v) is 4.33. The minimum atomic E-state index is -0.0842. The molecule has 166 valence electrons. The summed E-state index contributed by atoms with van der Waals surface area (Å²) in [6.07, 6.45) is 9.03. The summed E-state index contributed by atoms with van der Waals surface area (Å²) in [4.78, 5) is 23.8. The Kier molecular flexibility index (Phi) is 13.0. The van der Waals surface area contributed by atoms with Crippen LogP contribution in [0.2, 0.25) is 0 Å². The van der Waals surface area contributed by atoms with Crippen molar-refractivity contribution < 1.29 is 19.7 Å². The normalized spacial score (nSPS) is 9.19. The monoisotopic (exact) mass is 425 g/mol. The second-order valence-electron chi connectivity index (χ2n) is 6.15. The highest BCUT2D eigenvalue weighted by Crippen LogP contribution is 2.32. The lowest BCUT2D eigenvalue weighted by atomic mass is 9.94. The maximum atomic E-state index is 12.6. The van der Waals surface area contributed by atoms with Crippen LogP contribution < -0.4 is 10.3 Å². The summed E-state index contributed by atoms with van der Waals surface area (Å²) in [7, 11) is 4.34. The lowest BCUT2D eigenvalue weighted by Crippen LogP contribution is -2.22. The molecular weight excluding hydrogens is 394 g/mol. The number of terminal acetylenes is 1. The number of fused-ring (bicyclic) bond motifs is 1. The number of nitrogens with zero attached hydrogens (tertiary/aromatic N) is 1. The van der Waals surface area contributed by atoms with Gasteiger partial charge in [0.1, 0.15) is 12.0 Å². The van der Waals surface area contributed by atoms with Crippen molar-refractivity contribution in [2.75, 3.05) is 20.8 Å². The van der Waals surface area contributed by atoms with E-state index in [0.29, 0.717) is 5.39 Å². The van der Waals surface area contributed by atoms with Crippen molar-refractivity contribution in [2.24, 2.45) is 7.05 Å². The summed E-state index contributed by atoms with van der Waals surface area (Å²) < 4.78 is 6.80. The third-order valence-electron chi connectivity index (χ3n) is 4.33. The number of hydrogen-bond acceptors (Lipinski definition) is 5. The van der Waals surface area contributed by atoms with Gasteiger partial charge in [-0.15, -0.1) is 12.8 Å². The number of aldehydes is 1. The summed E-state index contributed by atoms with van der Waals surface area (Å²) in [6.45, 7) is 3.92. The molecule has 0 radical (unpaired) electrons. The first-order valence-corrected chi connectivity index (χ1v) is 9.57. The maximum Gasteiger partial charge on any atom is 0.258 e. The van der Waals surface area contributed by atoms with Crippen molar-refractivity contribution in [3.8, 4) is 29.7 Å². The fourth-order valence-electron chi connectivity index (χ4n) is 3.08. The number of methoxy groups -OCH3 is 1. The maximum absolute atomic E-state index is 12.6. The standard InChI is InChI=1S/C20H19NO3.C2H6O.C2H2.CH4O/c1-13-4-9-16-17(12-13)19(14-5-7-15(24-3)8-6-14)18(10-11-22)21(2)20(16)23;1-2-3;2*1-2/h4-9,11-12H,10H2,1-3H3;3H,2H2,1H3;1-2H;2H,1H3. The number of aliphatic hydroxyl groups excluding tert-OH is 2. The van der Waals surface area contributed by atoms with Gasteiger partial charge in [-0.1, -0.05) is 29.8 Å². The summed E-state index contributed by atoms with van der Waals surface area (Å²) >= 11 is 0. The van der Waals surface area contributed by atoms with E-state index in [1.54, 1.807) is 25.6 Å². The van der Waals surface area contributed by atoms with E-state index < -0.39 is 0 Å². The molecule has 0 amide bonds. The molecule has 2 aromatic carbocycles. The molecule has 0 saturated heterocycles. The Hall–Kier alpha value is -3.40. The van der Waals surface area contributed by atoms with Gasteiger partial charge in [-0.3, -0.25) is 4.79 Å². The van der Waals surface area contributed by atoms with Crippen LogP contribution in [-0.2, 0) is 18.3 Å². The molecule has 0 aliphatic heterocycles. The van der Waals surface area contributed by atoms with Crippen LogP contribution in [0.4, 0.5) is 0 Å². The molecule has 3 aromatic rings. The van der Waals surface area contributed by atoms with Gasteiger partial charge in [-0.25, -0.2) is 0 Å². The Labute approximate surface area is 183 Å².